The zero-order valence-electron chi connectivity index (χ0n) is 9.14. The largest absolute Gasteiger partial charge is 0.429 e. The predicted molar refractivity (Wildman–Crippen MR) is 75.1 cm³/mol. The van der Waals surface area contributed by atoms with Gasteiger partial charge < -0.3 is 4.74 Å². The number of aromatic nitrogens is 1. The molecule has 0 aliphatic carbocycles. The van der Waals surface area contributed by atoms with E-state index >= 15 is 0 Å². The Labute approximate surface area is 126 Å². The molecule has 0 aliphatic rings. The van der Waals surface area contributed by atoms with Crippen LogP contribution >= 0.6 is 39.1 Å². The summed E-state index contributed by atoms with van der Waals surface area (Å²) in [5, 5.41) is 11.4. The van der Waals surface area contributed by atoms with Crippen LogP contribution in [-0.2, 0) is 0 Å². The van der Waals surface area contributed by atoms with Crippen LogP contribution in [0.2, 0.25) is 10.0 Å². The Morgan fingerprint density at radius 3 is 2.74 bits per heavy atom. The van der Waals surface area contributed by atoms with Gasteiger partial charge in [-0.15, -0.1) is 0 Å². The number of halogens is 3. The van der Waals surface area contributed by atoms with Gasteiger partial charge >= 0.3 is 5.69 Å². The molecule has 0 unspecified atom stereocenters. The molecular formula is C11H5BrCl2N2O3. The second kappa shape index (κ2) is 5.73. The maximum absolute atomic E-state index is 10.9. The summed E-state index contributed by atoms with van der Waals surface area (Å²) in [5.74, 6) is 0.0743. The first-order valence-electron chi connectivity index (χ1n) is 4.91. The van der Waals surface area contributed by atoms with Crippen LogP contribution in [0.3, 0.4) is 0 Å². The minimum Gasteiger partial charge on any atom is -0.429 e. The highest BCUT2D eigenvalue weighted by Crippen LogP contribution is 2.39. The number of nitrogens with zero attached hydrogens (tertiary/aromatic N) is 2. The summed E-state index contributed by atoms with van der Waals surface area (Å²) in [7, 11) is 0. The van der Waals surface area contributed by atoms with E-state index in [9.17, 15) is 10.1 Å². The number of rotatable bonds is 3. The van der Waals surface area contributed by atoms with Crippen LogP contribution in [0.5, 0.6) is 11.6 Å². The Morgan fingerprint density at radius 1 is 1.37 bits per heavy atom. The van der Waals surface area contributed by atoms with Gasteiger partial charge in [0, 0.05) is 12.3 Å². The molecule has 2 rings (SSSR count). The molecule has 0 amide bonds. The van der Waals surface area contributed by atoms with Crippen LogP contribution in [0.25, 0.3) is 0 Å². The Morgan fingerprint density at radius 2 is 2.11 bits per heavy atom. The summed E-state index contributed by atoms with van der Waals surface area (Å²) in [6.45, 7) is 0. The van der Waals surface area contributed by atoms with E-state index in [1.165, 1.54) is 24.4 Å². The van der Waals surface area contributed by atoms with Crippen LogP contribution in [0.4, 0.5) is 5.69 Å². The number of benzene rings is 1. The molecule has 1 heterocycles. The fraction of sp³-hybridized carbons (Fsp3) is 0. The van der Waals surface area contributed by atoms with Gasteiger partial charge in [0.25, 0.3) is 0 Å². The third kappa shape index (κ3) is 3.15. The predicted octanol–water partition coefficient (Wildman–Crippen LogP) is 4.85. The van der Waals surface area contributed by atoms with Gasteiger partial charge in [-0.2, -0.15) is 0 Å². The Balaban J connectivity index is 2.46. The Bertz CT molecular complexity index is 652. The fourth-order valence-corrected chi connectivity index (χ4v) is 2.24. The smallest absolute Gasteiger partial charge is 0.313 e. The van der Waals surface area contributed by atoms with Gasteiger partial charge in [-0.1, -0.05) is 29.3 Å². The van der Waals surface area contributed by atoms with E-state index in [2.05, 4.69) is 20.9 Å². The van der Waals surface area contributed by atoms with Gasteiger partial charge in [0.1, 0.15) is 0 Å². The molecule has 0 bridgehead atoms. The average Bonchev–Trinajstić information content (AvgIpc) is 2.34. The molecule has 8 heteroatoms. The molecule has 0 saturated heterocycles. The average molecular weight is 364 g/mol. The summed E-state index contributed by atoms with van der Waals surface area (Å²) in [6.07, 6.45) is 1.37. The van der Waals surface area contributed by atoms with Crippen molar-refractivity contribution in [2.24, 2.45) is 0 Å². The van der Waals surface area contributed by atoms with Crippen molar-refractivity contribution in [2.75, 3.05) is 0 Å². The molecule has 98 valence electrons. The molecule has 5 nitrogen and oxygen atoms in total. The molecule has 0 aliphatic heterocycles. The maximum Gasteiger partial charge on any atom is 0.313 e. The van der Waals surface area contributed by atoms with E-state index < -0.39 is 4.92 Å². The second-order valence-electron chi connectivity index (χ2n) is 3.39. The Hall–Kier alpha value is -1.37. The highest BCUT2D eigenvalue weighted by Gasteiger charge is 2.20. The monoisotopic (exact) mass is 362 g/mol. The van der Waals surface area contributed by atoms with Crippen molar-refractivity contribution in [1.82, 2.24) is 4.98 Å². The van der Waals surface area contributed by atoms with Crippen molar-refractivity contribution in [3.8, 4) is 11.6 Å². The van der Waals surface area contributed by atoms with Crippen LogP contribution in [0.1, 0.15) is 0 Å². The molecule has 19 heavy (non-hydrogen) atoms. The third-order valence-corrected chi connectivity index (χ3v) is 3.19. The molecule has 0 N–H and O–H groups in total. The zero-order chi connectivity index (χ0) is 14.0. The molecule has 0 radical (unpaired) electrons. The molecule has 0 spiro atoms. The highest BCUT2D eigenvalue weighted by atomic mass is 79.9. The lowest BCUT2D eigenvalue weighted by atomic mass is 10.3. The standard InChI is InChI=1S/C11H5BrCl2N2O3/c12-7-4-6(13)5-15-11(7)19-10-8(14)2-1-3-9(10)16(17)18/h1-5H. The number of pyridine rings is 1. The molecule has 1 aromatic carbocycles. The lowest BCUT2D eigenvalue weighted by Crippen LogP contribution is -1.96. The maximum atomic E-state index is 10.9. The van der Waals surface area contributed by atoms with Gasteiger partial charge in [-0.3, -0.25) is 10.1 Å². The third-order valence-electron chi connectivity index (χ3n) is 2.12. The van der Waals surface area contributed by atoms with Crippen LogP contribution in [0.15, 0.2) is 34.9 Å². The normalized spacial score (nSPS) is 10.3. The van der Waals surface area contributed by atoms with E-state index in [0.29, 0.717) is 9.50 Å². The molecule has 0 atom stereocenters. The van der Waals surface area contributed by atoms with Crippen molar-refractivity contribution in [1.29, 1.82) is 0 Å². The number of nitro groups is 1. The molecule has 0 fully saturated rings. The summed E-state index contributed by atoms with van der Waals surface area (Å²) in [4.78, 5) is 14.3. The Kier molecular flexibility index (Phi) is 4.24. The van der Waals surface area contributed by atoms with Crippen LogP contribution in [-0.4, -0.2) is 9.91 Å². The van der Waals surface area contributed by atoms with Crippen molar-refractivity contribution in [3.63, 3.8) is 0 Å². The number of nitro benzene ring substituents is 1. The number of hydrogen-bond acceptors (Lipinski definition) is 4. The van der Waals surface area contributed by atoms with Gasteiger partial charge in [0.15, 0.2) is 0 Å². The SMILES string of the molecule is O=[N+]([O-])c1cccc(Cl)c1Oc1ncc(Cl)cc1Br. The van der Waals surface area contributed by atoms with E-state index in [1.807, 2.05) is 0 Å². The lowest BCUT2D eigenvalue weighted by molar-refractivity contribution is -0.385. The zero-order valence-corrected chi connectivity index (χ0v) is 12.2. The van der Waals surface area contributed by atoms with Gasteiger partial charge in [0.2, 0.25) is 11.6 Å². The number of para-hydroxylation sites is 1. The van der Waals surface area contributed by atoms with E-state index in [1.54, 1.807) is 6.07 Å². The topological polar surface area (TPSA) is 65.3 Å². The quantitative estimate of drug-likeness (QED) is 0.577. The van der Waals surface area contributed by atoms with E-state index in [0.717, 1.165) is 0 Å². The number of ether oxygens (including phenoxy) is 1. The second-order valence-corrected chi connectivity index (χ2v) is 5.09. The summed E-state index contributed by atoms with van der Waals surface area (Å²) in [5.41, 5.74) is -0.240. The fourth-order valence-electron chi connectivity index (χ4n) is 1.32. The molecule has 1 aromatic heterocycles. The van der Waals surface area contributed by atoms with Crippen molar-refractivity contribution in [2.45, 2.75) is 0 Å². The summed E-state index contributed by atoms with van der Waals surface area (Å²) < 4.78 is 5.86. The van der Waals surface area contributed by atoms with Gasteiger partial charge in [0.05, 0.1) is 19.4 Å². The highest BCUT2D eigenvalue weighted by molar-refractivity contribution is 9.10. The molecular weight excluding hydrogens is 359 g/mol. The molecule has 2 aromatic rings. The summed E-state index contributed by atoms with van der Waals surface area (Å²) in [6, 6.07) is 5.82. The minimum absolute atomic E-state index is 0.0651. The molecule has 0 saturated carbocycles. The van der Waals surface area contributed by atoms with Gasteiger partial charge in [-0.25, -0.2) is 4.98 Å². The van der Waals surface area contributed by atoms with Crippen molar-refractivity contribution in [3.05, 3.63) is 55.1 Å². The first kappa shape index (κ1) is 14.0. The van der Waals surface area contributed by atoms with Gasteiger partial charge in [-0.05, 0) is 28.1 Å². The summed E-state index contributed by atoms with van der Waals surface area (Å²) >= 11 is 14.9. The van der Waals surface area contributed by atoms with Crippen LogP contribution in [0, 0.1) is 10.1 Å². The van der Waals surface area contributed by atoms with E-state index in [4.69, 9.17) is 27.9 Å². The minimum atomic E-state index is -0.578. The first-order valence-corrected chi connectivity index (χ1v) is 6.45. The van der Waals surface area contributed by atoms with Crippen molar-refractivity contribution < 1.29 is 9.66 Å². The first-order chi connectivity index (χ1) is 8.99. The number of hydrogen-bond donors (Lipinski definition) is 0. The van der Waals surface area contributed by atoms with Crippen molar-refractivity contribution >= 4 is 44.8 Å². The van der Waals surface area contributed by atoms with E-state index in [-0.39, 0.29) is 22.3 Å². The van der Waals surface area contributed by atoms with Crippen LogP contribution < -0.4 is 4.74 Å². The lowest BCUT2D eigenvalue weighted by Gasteiger charge is -2.08.